The summed E-state index contributed by atoms with van der Waals surface area (Å²) in [7, 11) is -4.05. The van der Waals surface area contributed by atoms with Gasteiger partial charge in [-0.2, -0.15) is 4.31 Å². The largest absolute Gasteiger partial charge is 0.305 e. The minimum absolute atomic E-state index is 0.0178. The van der Waals surface area contributed by atoms with E-state index in [2.05, 4.69) is 11.2 Å². The predicted octanol–water partition coefficient (Wildman–Crippen LogP) is 6.29. The van der Waals surface area contributed by atoms with Gasteiger partial charge < -0.3 is 4.31 Å². The highest BCUT2D eigenvalue weighted by molar-refractivity contribution is 8.04. The Balaban J connectivity index is 1.79. The molecule has 0 fully saturated rings. The topological polar surface area (TPSA) is 90.0 Å². The van der Waals surface area contributed by atoms with Crippen molar-refractivity contribution in [2.45, 2.75) is 81.7 Å². The van der Waals surface area contributed by atoms with Gasteiger partial charge in [0.1, 0.15) is 6.04 Å². The fourth-order valence-electron chi connectivity index (χ4n) is 4.40. The lowest BCUT2D eigenvalue weighted by atomic mass is 10.0. The van der Waals surface area contributed by atoms with Gasteiger partial charge in [0.15, 0.2) is 0 Å². The second-order valence-electron chi connectivity index (χ2n) is 9.58. The van der Waals surface area contributed by atoms with Crippen molar-refractivity contribution >= 4 is 45.3 Å². The zero-order chi connectivity index (χ0) is 26.8. The van der Waals surface area contributed by atoms with E-state index < -0.39 is 22.0 Å². The molecule has 2 aromatic carbocycles. The number of anilines is 1. The molecule has 10 heteroatoms. The molecule has 3 rings (SSSR count). The molecule has 0 radical (unpaired) electrons. The monoisotopic (exact) mass is 565 g/mol. The van der Waals surface area contributed by atoms with E-state index in [1.807, 2.05) is 36.4 Å². The minimum Gasteiger partial charge on any atom is -0.305 e. The zero-order valence-corrected chi connectivity index (χ0v) is 24.4. The SMILES string of the molecule is CCCCCCCCSN1CSc2cc(S(=O)(=O)N(Cc3ccccc3)[C@@H](C(=O)NO)C(C)C)ccc21. The molecule has 0 unspecified atom stereocenters. The van der Waals surface area contributed by atoms with Gasteiger partial charge in [-0.15, -0.1) is 11.8 Å². The van der Waals surface area contributed by atoms with E-state index in [-0.39, 0.29) is 17.4 Å². The first kappa shape index (κ1) is 29.8. The van der Waals surface area contributed by atoms with Gasteiger partial charge in [0.2, 0.25) is 10.0 Å². The van der Waals surface area contributed by atoms with Gasteiger partial charge in [0.05, 0.1) is 16.5 Å². The zero-order valence-electron chi connectivity index (χ0n) is 21.9. The van der Waals surface area contributed by atoms with Crippen LogP contribution in [0.2, 0.25) is 0 Å². The maximum atomic E-state index is 13.9. The maximum Gasteiger partial charge on any atom is 0.262 e. The van der Waals surface area contributed by atoms with E-state index in [1.165, 1.54) is 42.8 Å². The number of sulfonamides is 1. The highest BCUT2D eigenvalue weighted by Crippen LogP contribution is 2.43. The number of hydrogen-bond acceptors (Lipinski definition) is 7. The second kappa shape index (κ2) is 14.4. The third-order valence-corrected chi connectivity index (χ3v) is 10.5. The number of rotatable bonds is 15. The normalized spacial score (nSPS) is 14.3. The van der Waals surface area contributed by atoms with Crippen LogP contribution >= 0.6 is 23.7 Å². The molecule has 1 aliphatic heterocycles. The van der Waals surface area contributed by atoms with Crippen molar-refractivity contribution in [3.05, 3.63) is 54.1 Å². The Hall–Kier alpha value is -1.72. The molecule has 0 spiro atoms. The Morgan fingerprint density at radius 2 is 1.81 bits per heavy atom. The van der Waals surface area contributed by atoms with Crippen LogP contribution in [0.1, 0.15) is 64.9 Å². The number of unbranched alkanes of at least 4 members (excludes halogenated alkanes) is 5. The van der Waals surface area contributed by atoms with Gasteiger partial charge >= 0.3 is 0 Å². The van der Waals surface area contributed by atoms with E-state index in [9.17, 15) is 18.4 Å². The van der Waals surface area contributed by atoms with Crippen molar-refractivity contribution in [3.8, 4) is 0 Å². The number of nitrogens with zero attached hydrogens (tertiary/aromatic N) is 2. The van der Waals surface area contributed by atoms with E-state index in [0.29, 0.717) is 0 Å². The molecule has 7 nitrogen and oxygen atoms in total. The number of carbonyl (C=O) groups excluding carboxylic acids is 1. The van der Waals surface area contributed by atoms with Crippen molar-refractivity contribution < 1.29 is 18.4 Å². The van der Waals surface area contributed by atoms with Crippen LogP contribution in [0.3, 0.4) is 0 Å². The fourth-order valence-corrected chi connectivity index (χ4v) is 8.51. The first-order valence-corrected chi connectivity index (χ1v) is 16.3. The quantitative estimate of drug-likeness (QED) is 0.114. The van der Waals surface area contributed by atoms with Crippen LogP contribution in [0.4, 0.5) is 5.69 Å². The number of hydroxylamine groups is 1. The number of thioether (sulfide) groups is 1. The molecular weight excluding hydrogens is 527 g/mol. The lowest BCUT2D eigenvalue weighted by Crippen LogP contribution is -2.51. The summed E-state index contributed by atoms with van der Waals surface area (Å²) in [6.07, 6.45) is 7.57. The molecular formula is C27H39N3O4S3. The van der Waals surface area contributed by atoms with Gasteiger partial charge in [-0.3, -0.25) is 10.0 Å². The van der Waals surface area contributed by atoms with Gasteiger partial charge in [0.25, 0.3) is 5.91 Å². The molecule has 2 N–H and O–H groups in total. The summed E-state index contributed by atoms with van der Waals surface area (Å²) >= 11 is 3.42. The Morgan fingerprint density at radius 3 is 2.49 bits per heavy atom. The van der Waals surface area contributed by atoms with Crippen LogP contribution in [0, 0.1) is 5.92 Å². The van der Waals surface area contributed by atoms with Gasteiger partial charge in [-0.05, 0) is 48.0 Å². The number of hydrogen-bond donors (Lipinski definition) is 2. The van der Waals surface area contributed by atoms with Crippen LogP contribution in [0.5, 0.6) is 0 Å². The van der Waals surface area contributed by atoms with Crippen molar-refractivity contribution in [3.63, 3.8) is 0 Å². The van der Waals surface area contributed by atoms with E-state index in [0.717, 1.165) is 27.8 Å². The Bertz CT molecular complexity index is 1110. The molecule has 1 heterocycles. The van der Waals surface area contributed by atoms with Crippen molar-refractivity contribution in [2.24, 2.45) is 5.92 Å². The van der Waals surface area contributed by atoms with E-state index in [1.54, 1.807) is 55.2 Å². The summed E-state index contributed by atoms with van der Waals surface area (Å²) in [5.74, 6) is 0.712. The van der Waals surface area contributed by atoms with Gasteiger partial charge in [0, 0.05) is 17.2 Å². The Labute approximate surface area is 230 Å². The standard InChI is InChI=1S/C27H39N3O4S3/c1-4-5-6-7-8-12-17-36-29-20-35-25-18-23(15-16-24(25)29)37(33,34)30(19-22-13-10-9-11-14-22)26(21(2)3)27(31)28-32/h9-11,13-16,18,21,26,32H,4-8,12,17,19-20H2,1-3H3,(H,28,31)/t26-/m1/s1. The molecule has 0 saturated carbocycles. The minimum atomic E-state index is -4.05. The van der Waals surface area contributed by atoms with Crippen molar-refractivity contribution in [1.82, 2.24) is 9.79 Å². The average Bonchev–Trinajstić information content (AvgIpc) is 3.30. The van der Waals surface area contributed by atoms with Crippen LogP contribution in [0.15, 0.2) is 58.3 Å². The van der Waals surface area contributed by atoms with Gasteiger partial charge in [-0.1, -0.05) is 83.2 Å². The van der Waals surface area contributed by atoms with Crippen LogP contribution in [-0.2, 0) is 21.4 Å². The first-order chi connectivity index (χ1) is 17.8. The number of amides is 1. The lowest BCUT2D eigenvalue weighted by Gasteiger charge is -2.32. The van der Waals surface area contributed by atoms with Crippen molar-refractivity contribution in [2.75, 3.05) is 15.9 Å². The van der Waals surface area contributed by atoms with Crippen LogP contribution < -0.4 is 9.79 Å². The summed E-state index contributed by atoms with van der Waals surface area (Å²) in [5, 5.41) is 9.37. The number of nitrogens with one attached hydrogen (secondary N) is 1. The molecule has 0 aromatic heterocycles. The number of carbonyl (C=O) groups is 1. The fraction of sp³-hybridized carbons (Fsp3) is 0.519. The molecule has 0 saturated heterocycles. The Morgan fingerprint density at radius 1 is 1.11 bits per heavy atom. The number of fused-ring (bicyclic) bond motifs is 1. The summed E-state index contributed by atoms with van der Waals surface area (Å²) < 4.78 is 31.3. The molecule has 1 atom stereocenters. The van der Waals surface area contributed by atoms with Crippen LogP contribution in [0.25, 0.3) is 0 Å². The molecule has 0 bridgehead atoms. The highest BCUT2D eigenvalue weighted by Gasteiger charge is 2.38. The van der Waals surface area contributed by atoms with E-state index >= 15 is 0 Å². The molecule has 1 aliphatic rings. The second-order valence-corrected chi connectivity index (χ2v) is 13.6. The highest BCUT2D eigenvalue weighted by atomic mass is 32.2. The lowest BCUT2D eigenvalue weighted by molar-refractivity contribution is -0.134. The number of benzene rings is 2. The Kier molecular flexibility index (Phi) is 11.6. The maximum absolute atomic E-state index is 13.9. The molecule has 1 amide bonds. The first-order valence-electron chi connectivity index (χ1n) is 13.0. The molecule has 37 heavy (non-hydrogen) atoms. The van der Waals surface area contributed by atoms with E-state index in [4.69, 9.17) is 0 Å². The van der Waals surface area contributed by atoms with Gasteiger partial charge in [-0.25, -0.2) is 13.9 Å². The average molecular weight is 566 g/mol. The molecule has 204 valence electrons. The van der Waals surface area contributed by atoms with Crippen LogP contribution in [-0.4, -0.2) is 41.5 Å². The summed E-state index contributed by atoms with van der Waals surface area (Å²) in [4.78, 5) is 13.7. The third-order valence-electron chi connectivity index (χ3n) is 6.39. The summed E-state index contributed by atoms with van der Waals surface area (Å²) in [6, 6.07) is 13.3. The third kappa shape index (κ3) is 7.89. The summed E-state index contributed by atoms with van der Waals surface area (Å²) in [5.41, 5.74) is 3.45. The molecule has 0 aliphatic carbocycles. The summed E-state index contributed by atoms with van der Waals surface area (Å²) in [6.45, 7) is 5.78. The molecule has 2 aromatic rings. The predicted molar refractivity (Wildman–Crippen MR) is 153 cm³/mol. The smallest absolute Gasteiger partial charge is 0.262 e. The van der Waals surface area contributed by atoms with Crippen molar-refractivity contribution in [1.29, 1.82) is 0 Å².